The van der Waals surface area contributed by atoms with Gasteiger partial charge in [-0.25, -0.2) is 4.39 Å². The Labute approximate surface area is 94.5 Å². The molecule has 0 heterocycles. The average Bonchev–Trinajstić information content (AvgIpc) is 2.60. The van der Waals surface area contributed by atoms with Crippen molar-refractivity contribution in [2.75, 3.05) is 17.6 Å². The molecule has 1 fully saturated rings. The zero-order valence-corrected chi connectivity index (χ0v) is 9.12. The van der Waals surface area contributed by atoms with Crippen LogP contribution in [0.25, 0.3) is 0 Å². The van der Waals surface area contributed by atoms with Crippen molar-refractivity contribution in [2.45, 2.75) is 25.4 Å². The van der Waals surface area contributed by atoms with Gasteiger partial charge in [0.2, 0.25) is 0 Å². The van der Waals surface area contributed by atoms with Crippen molar-refractivity contribution in [3.8, 4) is 0 Å². The predicted molar refractivity (Wildman–Crippen MR) is 62.6 cm³/mol. The standard InChI is InChI=1S/C12H17FN2O/c13-9-4-10(14)6-11(5-9)15-7-8-1-2-12(16)3-8/h4-6,8,12,15-16H,1-3,7,14H2. The highest BCUT2D eigenvalue weighted by Gasteiger charge is 2.22. The third-order valence-corrected chi connectivity index (χ3v) is 3.03. The van der Waals surface area contributed by atoms with E-state index >= 15 is 0 Å². The van der Waals surface area contributed by atoms with Gasteiger partial charge in [-0.1, -0.05) is 0 Å². The lowest BCUT2D eigenvalue weighted by molar-refractivity contribution is 0.178. The van der Waals surface area contributed by atoms with Gasteiger partial charge in [0.25, 0.3) is 0 Å². The molecule has 1 aromatic rings. The molecule has 0 spiro atoms. The average molecular weight is 224 g/mol. The predicted octanol–water partition coefficient (Wildman–Crippen LogP) is 1.98. The number of nitrogens with two attached hydrogens (primary N) is 1. The van der Waals surface area contributed by atoms with E-state index in [0.29, 0.717) is 17.3 Å². The van der Waals surface area contributed by atoms with E-state index in [-0.39, 0.29) is 11.9 Å². The fourth-order valence-electron chi connectivity index (χ4n) is 2.21. The fourth-order valence-corrected chi connectivity index (χ4v) is 2.21. The number of aliphatic hydroxyl groups excluding tert-OH is 1. The van der Waals surface area contributed by atoms with Gasteiger partial charge in [-0.2, -0.15) is 0 Å². The van der Waals surface area contributed by atoms with E-state index in [1.807, 2.05) is 0 Å². The first kappa shape index (κ1) is 11.2. The zero-order valence-electron chi connectivity index (χ0n) is 9.12. The molecule has 1 aromatic carbocycles. The van der Waals surface area contributed by atoms with Crippen LogP contribution in [0.1, 0.15) is 19.3 Å². The number of halogens is 1. The van der Waals surface area contributed by atoms with Gasteiger partial charge in [-0.15, -0.1) is 0 Å². The lowest BCUT2D eigenvalue weighted by atomic mass is 10.1. The van der Waals surface area contributed by atoms with Crippen molar-refractivity contribution in [2.24, 2.45) is 5.92 Å². The summed E-state index contributed by atoms with van der Waals surface area (Å²) in [6.07, 6.45) is 2.57. The third-order valence-electron chi connectivity index (χ3n) is 3.03. The number of anilines is 2. The summed E-state index contributed by atoms with van der Waals surface area (Å²) in [5.41, 5.74) is 6.68. The number of hydrogen-bond acceptors (Lipinski definition) is 3. The van der Waals surface area contributed by atoms with Gasteiger partial charge in [0.1, 0.15) is 5.82 Å². The van der Waals surface area contributed by atoms with Gasteiger partial charge < -0.3 is 16.2 Å². The largest absolute Gasteiger partial charge is 0.399 e. The highest BCUT2D eigenvalue weighted by Crippen LogP contribution is 2.26. The van der Waals surface area contributed by atoms with Crippen molar-refractivity contribution in [1.29, 1.82) is 0 Å². The maximum atomic E-state index is 13.0. The van der Waals surface area contributed by atoms with Crippen LogP contribution < -0.4 is 11.1 Å². The van der Waals surface area contributed by atoms with Gasteiger partial charge >= 0.3 is 0 Å². The molecule has 1 aliphatic rings. The molecule has 3 nitrogen and oxygen atoms in total. The molecule has 0 amide bonds. The van der Waals surface area contributed by atoms with Crippen molar-refractivity contribution >= 4 is 11.4 Å². The second-order valence-electron chi connectivity index (χ2n) is 4.49. The van der Waals surface area contributed by atoms with Crippen molar-refractivity contribution in [1.82, 2.24) is 0 Å². The van der Waals surface area contributed by atoms with Crippen LogP contribution in [0.3, 0.4) is 0 Å². The molecule has 4 N–H and O–H groups in total. The maximum absolute atomic E-state index is 13.0. The van der Waals surface area contributed by atoms with E-state index in [1.54, 1.807) is 6.07 Å². The van der Waals surface area contributed by atoms with Crippen molar-refractivity contribution in [3.05, 3.63) is 24.0 Å². The molecule has 88 valence electrons. The Morgan fingerprint density at radius 1 is 1.38 bits per heavy atom. The normalized spacial score (nSPS) is 24.6. The van der Waals surface area contributed by atoms with Gasteiger partial charge in [0, 0.05) is 17.9 Å². The van der Waals surface area contributed by atoms with E-state index in [0.717, 1.165) is 25.8 Å². The monoisotopic (exact) mass is 224 g/mol. The summed E-state index contributed by atoms with van der Waals surface area (Å²) < 4.78 is 13.0. The molecule has 1 saturated carbocycles. The number of rotatable bonds is 3. The van der Waals surface area contributed by atoms with Crippen molar-refractivity contribution < 1.29 is 9.50 Å². The number of hydrogen-bond donors (Lipinski definition) is 3. The van der Waals surface area contributed by atoms with E-state index in [2.05, 4.69) is 5.32 Å². The molecular weight excluding hydrogens is 207 g/mol. The summed E-state index contributed by atoms with van der Waals surface area (Å²) in [5, 5.41) is 12.5. The second-order valence-corrected chi connectivity index (χ2v) is 4.49. The maximum Gasteiger partial charge on any atom is 0.127 e. The van der Waals surface area contributed by atoms with Gasteiger partial charge in [-0.05, 0) is 43.4 Å². The summed E-state index contributed by atoms with van der Waals surface area (Å²) in [6, 6.07) is 4.45. The van der Waals surface area contributed by atoms with Crippen LogP contribution in [0.4, 0.5) is 15.8 Å². The molecule has 0 aromatic heterocycles. The topological polar surface area (TPSA) is 58.3 Å². The lowest BCUT2D eigenvalue weighted by Crippen LogP contribution is -2.12. The highest BCUT2D eigenvalue weighted by molar-refractivity contribution is 5.54. The number of nitrogen functional groups attached to an aromatic ring is 1. The van der Waals surface area contributed by atoms with Crippen LogP contribution in [0.5, 0.6) is 0 Å². The van der Waals surface area contributed by atoms with Gasteiger partial charge in [0.15, 0.2) is 0 Å². The summed E-state index contributed by atoms with van der Waals surface area (Å²) in [7, 11) is 0. The molecule has 2 unspecified atom stereocenters. The zero-order chi connectivity index (χ0) is 11.5. The Bertz CT molecular complexity index is 350. The smallest absolute Gasteiger partial charge is 0.127 e. The Morgan fingerprint density at radius 2 is 2.19 bits per heavy atom. The molecule has 0 saturated heterocycles. The summed E-state index contributed by atoms with van der Waals surface area (Å²) >= 11 is 0. The first-order valence-corrected chi connectivity index (χ1v) is 5.61. The van der Waals surface area contributed by atoms with Crippen LogP contribution in [-0.2, 0) is 0 Å². The highest BCUT2D eigenvalue weighted by atomic mass is 19.1. The quantitative estimate of drug-likeness (QED) is 0.688. The van der Waals surface area contributed by atoms with Gasteiger partial charge in [-0.3, -0.25) is 0 Å². The van der Waals surface area contributed by atoms with E-state index < -0.39 is 0 Å². The molecule has 16 heavy (non-hydrogen) atoms. The summed E-state index contributed by atoms with van der Waals surface area (Å²) in [5.74, 6) is 0.147. The minimum absolute atomic E-state index is 0.163. The first-order chi connectivity index (χ1) is 7.63. The van der Waals surface area contributed by atoms with Gasteiger partial charge in [0.05, 0.1) is 6.10 Å². The second kappa shape index (κ2) is 4.70. The Morgan fingerprint density at radius 3 is 2.81 bits per heavy atom. The van der Waals surface area contributed by atoms with Crippen LogP contribution >= 0.6 is 0 Å². The Balaban J connectivity index is 1.89. The molecule has 0 aliphatic heterocycles. The molecule has 1 aliphatic carbocycles. The molecule has 2 atom stereocenters. The van der Waals surface area contributed by atoms with E-state index in [1.165, 1.54) is 12.1 Å². The molecule has 4 heteroatoms. The first-order valence-electron chi connectivity index (χ1n) is 5.61. The van der Waals surface area contributed by atoms with Crippen LogP contribution in [0, 0.1) is 11.7 Å². The minimum Gasteiger partial charge on any atom is -0.399 e. The Kier molecular flexibility index (Phi) is 3.29. The molecule has 0 radical (unpaired) electrons. The van der Waals surface area contributed by atoms with Crippen molar-refractivity contribution in [3.63, 3.8) is 0 Å². The minimum atomic E-state index is -0.325. The fraction of sp³-hybridized carbons (Fsp3) is 0.500. The molecule has 2 rings (SSSR count). The third kappa shape index (κ3) is 2.85. The number of aliphatic hydroxyl groups is 1. The van der Waals surface area contributed by atoms with Crippen LogP contribution in [0.2, 0.25) is 0 Å². The van der Waals surface area contributed by atoms with E-state index in [4.69, 9.17) is 5.73 Å². The number of benzene rings is 1. The van der Waals surface area contributed by atoms with E-state index in [9.17, 15) is 9.50 Å². The Hall–Kier alpha value is -1.29. The molecule has 0 bridgehead atoms. The SMILES string of the molecule is Nc1cc(F)cc(NCC2CCC(O)C2)c1. The summed E-state index contributed by atoms with van der Waals surface area (Å²) in [4.78, 5) is 0. The lowest BCUT2D eigenvalue weighted by Gasteiger charge is -2.12. The summed E-state index contributed by atoms with van der Waals surface area (Å²) in [6.45, 7) is 0.764. The van der Waals surface area contributed by atoms with Crippen LogP contribution in [0.15, 0.2) is 18.2 Å². The number of nitrogens with one attached hydrogen (secondary N) is 1. The molecular formula is C12H17FN2O. The van der Waals surface area contributed by atoms with Crippen LogP contribution in [-0.4, -0.2) is 17.8 Å².